The first-order valence-electron chi connectivity index (χ1n) is 7.10. The molecule has 114 valence electrons. The van der Waals surface area contributed by atoms with Gasteiger partial charge in [0.1, 0.15) is 0 Å². The smallest absolute Gasteiger partial charge is 0.191 e. The van der Waals surface area contributed by atoms with Crippen LogP contribution in [0.2, 0.25) is 0 Å². The quantitative estimate of drug-likeness (QED) is 0.297. The van der Waals surface area contributed by atoms with Crippen molar-refractivity contribution in [3.63, 3.8) is 0 Å². The van der Waals surface area contributed by atoms with Crippen LogP contribution in [0, 0.1) is 0 Å². The van der Waals surface area contributed by atoms with Crippen molar-refractivity contribution >= 4 is 41.7 Å². The van der Waals surface area contributed by atoms with Crippen molar-refractivity contribution in [2.45, 2.75) is 26.2 Å². The van der Waals surface area contributed by atoms with Gasteiger partial charge in [0.15, 0.2) is 5.96 Å². The fraction of sp³-hybridized carbons (Fsp3) is 0.923. The van der Waals surface area contributed by atoms with Crippen molar-refractivity contribution in [1.29, 1.82) is 0 Å². The maximum Gasteiger partial charge on any atom is 0.191 e. The molecule has 0 amide bonds. The second-order valence-electron chi connectivity index (χ2n) is 4.58. The number of nitrogens with one attached hydrogen (secondary N) is 2. The monoisotopic (exact) mass is 400 g/mol. The third-order valence-corrected chi connectivity index (χ3v) is 3.69. The Balaban J connectivity index is 0.00000324. The van der Waals surface area contributed by atoms with E-state index >= 15 is 0 Å². The van der Waals surface area contributed by atoms with Crippen LogP contribution in [-0.2, 0) is 0 Å². The Hall–Kier alpha value is 0.310. The predicted octanol–water partition coefficient (Wildman–Crippen LogP) is 2.01. The molecule has 0 aliphatic carbocycles. The van der Waals surface area contributed by atoms with Crippen LogP contribution < -0.4 is 10.6 Å². The molecule has 1 heterocycles. The number of hydrogen-bond donors (Lipinski definition) is 2. The van der Waals surface area contributed by atoms with E-state index in [1.165, 1.54) is 32.4 Å². The van der Waals surface area contributed by atoms with Gasteiger partial charge in [0, 0.05) is 25.4 Å². The highest BCUT2D eigenvalue weighted by molar-refractivity contribution is 14.0. The summed E-state index contributed by atoms with van der Waals surface area (Å²) in [4.78, 5) is 7.15. The molecule has 0 aromatic rings. The van der Waals surface area contributed by atoms with Gasteiger partial charge in [0.25, 0.3) is 0 Å². The van der Waals surface area contributed by atoms with E-state index in [1.54, 1.807) is 0 Å². The Morgan fingerprint density at radius 2 is 1.95 bits per heavy atom. The van der Waals surface area contributed by atoms with Crippen LogP contribution in [0.1, 0.15) is 26.2 Å². The minimum atomic E-state index is 0. The molecule has 1 saturated heterocycles. The van der Waals surface area contributed by atoms with Crippen LogP contribution in [0.3, 0.4) is 0 Å². The Morgan fingerprint density at radius 1 is 1.21 bits per heavy atom. The molecule has 0 aromatic heterocycles. The molecule has 0 radical (unpaired) electrons. The third-order valence-electron chi connectivity index (χ3n) is 3.08. The van der Waals surface area contributed by atoms with Gasteiger partial charge in [-0.2, -0.15) is 11.8 Å². The number of halogens is 1. The first kappa shape index (κ1) is 19.3. The number of guanidine groups is 1. The van der Waals surface area contributed by atoms with E-state index in [2.05, 4.69) is 33.7 Å². The van der Waals surface area contributed by atoms with Gasteiger partial charge in [-0.3, -0.25) is 4.99 Å². The number of hydrogen-bond acceptors (Lipinski definition) is 3. The lowest BCUT2D eigenvalue weighted by Gasteiger charge is -2.25. The summed E-state index contributed by atoms with van der Waals surface area (Å²) >= 11 is 1.85. The summed E-state index contributed by atoms with van der Waals surface area (Å²) in [7, 11) is 0. The summed E-state index contributed by atoms with van der Waals surface area (Å²) in [6.45, 7) is 8.52. The van der Waals surface area contributed by atoms with E-state index in [0.29, 0.717) is 0 Å². The lowest BCUT2D eigenvalue weighted by atomic mass is 10.1. The van der Waals surface area contributed by atoms with E-state index < -0.39 is 0 Å². The van der Waals surface area contributed by atoms with Gasteiger partial charge in [0.05, 0.1) is 6.54 Å². The van der Waals surface area contributed by atoms with Crippen LogP contribution in [0.15, 0.2) is 4.99 Å². The molecule has 6 heteroatoms. The highest BCUT2D eigenvalue weighted by Crippen LogP contribution is 2.07. The molecule has 2 N–H and O–H groups in total. The van der Waals surface area contributed by atoms with Crippen molar-refractivity contribution in [1.82, 2.24) is 15.5 Å². The lowest BCUT2D eigenvalue weighted by molar-refractivity contribution is 0.235. The van der Waals surface area contributed by atoms with E-state index in [1.807, 2.05) is 11.8 Å². The predicted molar refractivity (Wildman–Crippen MR) is 98.1 cm³/mol. The topological polar surface area (TPSA) is 39.7 Å². The number of nitrogens with zero attached hydrogens (tertiary/aromatic N) is 2. The summed E-state index contributed by atoms with van der Waals surface area (Å²) in [5.41, 5.74) is 0. The van der Waals surface area contributed by atoms with Gasteiger partial charge in [-0.25, -0.2) is 0 Å². The van der Waals surface area contributed by atoms with Crippen LogP contribution in [-0.4, -0.2) is 62.1 Å². The Morgan fingerprint density at radius 3 is 2.58 bits per heavy atom. The van der Waals surface area contributed by atoms with Crippen LogP contribution in [0.5, 0.6) is 0 Å². The first-order valence-corrected chi connectivity index (χ1v) is 8.49. The van der Waals surface area contributed by atoms with Gasteiger partial charge in [-0.05, 0) is 39.1 Å². The minimum Gasteiger partial charge on any atom is -0.357 e. The van der Waals surface area contributed by atoms with Crippen molar-refractivity contribution in [2.24, 2.45) is 4.99 Å². The zero-order valence-corrected chi connectivity index (χ0v) is 15.4. The van der Waals surface area contributed by atoms with Gasteiger partial charge in [-0.1, -0.05) is 6.42 Å². The molecular formula is C13H29IN4S. The number of piperidine rings is 1. The van der Waals surface area contributed by atoms with Crippen LogP contribution in [0.4, 0.5) is 0 Å². The van der Waals surface area contributed by atoms with Gasteiger partial charge in [0.2, 0.25) is 0 Å². The van der Waals surface area contributed by atoms with Crippen molar-refractivity contribution in [2.75, 3.05) is 51.3 Å². The number of aliphatic imine (C=N–C) groups is 1. The maximum absolute atomic E-state index is 4.62. The van der Waals surface area contributed by atoms with Crippen LogP contribution in [0.25, 0.3) is 0 Å². The summed E-state index contributed by atoms with van der Waals surface area (Å²) in [5.74, 6) is 2.08. The van der Waals surface area contributed by atoms with Crippen molar-refractivity contribution < 1.29 is 0 Å². The Labute approximate surface area is 139 Å². The molecular weight excluding hydrogens is 371 g/mol. The van der Waals surface area contributed by atoms with Crippen LogP contribution >= 0.6 is 35.7 Å². The average Bonchev–Trinajstić information content (AvgIpc) is 2.40. The standard InChI is InChI=1S/C13H28N4S.HI/c1-3-14-13(16-8-12-18-2)15-7-11-17-9-5-4-6-10-17;/h3-12H2,1-2H3,(H2,14,15,16);1H. The molecule has 4 nitrogen and oxygen atoms in total. The second kappa shape index (κ2) is 13.3. The number of thioether (sulfide) groups is 1. The average molecular weight is 400 g/mol. The SMILES string of the molecule is CCNC(=NCCN1CCCCC1)NCCSC.I. The summed E-state index contributed by atoms with van der Waals surface area (Å²) in [5, 5.41) is 6.65. The van der Waals surface area contributed by atoms with E-state index in [9.17, 15) is 0 Å². The third kappa shape index (κ3) is 9.79. The maximum atomic E-state index is 4.62. The first-order chi connectivity index (χ1) is 8.86. The molecule has 0 atom stereocenters. The molecule has 1 aliphatic rings. The van der Waals surface area contributed by atoms with Crippen molar-refractivity contribution in [3.05, 3.63) is 0 Å². The zero-order chi connectivity index (χ0) is 13.1. The molecule has 1 aliphatic heterocycles. The normalized spacial score (nSPS) is 16.8. The molecule has 1 fully saturated rings. The van der Waals surface area contributed by atoms with Crippen molar-refractivity contribution in [3.8, 4) is 0 Å². The molecule has 0 unspecified atom stereocenters. The molecule has 0 bridgehead atoms. The van der Waals surface area contributed by atoms with Gasteiger partial charge < -0.3 is 15.5 Å². The highest BCUT2D eigenvalue weighted by atomic mass is 127. The molecule has 0 aromatic carbocycles. The number of rotatable bonds is 7. The Kier molecular flexibility index (Phi) is 13.5. The molecule has 0 spiro atoms. The summed E-state index contributed by atoms with van der Waals surface area (Å²) < 4.78 is 0. The van der Waals surface area contributed by atoms with E-state index in [0.717, 1.165) is 37.9 Å². The van der Waals surface area contributed by atoms with E-state index in [4.69, 9.17) is 0 Å². The van der Waals surface area contributed by atoms with Gasteiger partial charge >= 0.3 is 0 Å². The van der Waals surface area contributed by atoms with E-state index in [-0.39, 0.29) is 24.0 Å². The summed E-state index contributed by atoms with van der Waals surface area (Å²) in [6, 6.07) is 0. The highest BCUT2D eigenvalue weighted by Gasteiger charge is 2.08. The minimum absolute atomic E-state index is 0. The lowest BCUT2D eigenvalue weighted by Crippen LogP contribution is -2.39. The Bertz CT molecular complexity index is 233. The largest absolute Gasteiger partial charge is 0.357 e. The number of likely N-dealkylation sites (tertiary alicyclic amines) is 1. The van der Waals surface area contributed by atoms with Gasteiger partial charge in [-0.15, -0.1) is 24.0 Å². The fourth-order valence-electron chi connectivity index (χ4n) is 2.10. The summed E-state index contributed by atoms with van der Waals surface area (Å²) in [6.07, 6.45) is 6.24. The molecule has 0 saturated carbocycles. The fourth-order valence-corrected chi connectivity index (χ4v) is 2.41. The second-order valence-corrected chi connectivity index (χ2v) is 5.57. The molecule has 1 rings (SSSR count). The zero-order valence-electron chi connectivity index (χ0n) is 12.3. The molecule has 19 heavy (non-hydrogen) atoms.